The highest BCUT2D eigenvalue weighted by molar-refractivity contribution is 4.87. The van der Waals surface area contributed by atoms with Crippen LogP contribution in [0.15, 0.2) is 0 Å². The lowest BCUT2D eigenvalue weighted by molar-refractivity contribution is 0.102. The maximum absolute atomic E-state index is 9.41. The van der Waals surface area contributed by atoms with Crippen molar-refractivity contribution in [2.75, 3.05) is 33.2 Å². The van der Waals surface area contributed by atoms with E-state index in [1.165, 1.54) is 51.6 Å². The third kappa shape index (κ3) is 6.73. The average Bonchev–Trinajstić information content (AvgIpc) is 2.38. The molecule has 2 N–H and O–H groups in total. The Morgan fingerprint density at radius 3 is 2.53 bits per heavy atom. The van der Waals surface area contributed by atoms with Crippen LogP contribution in [0.25, 0.3) is 0 Å². The van der Waals surface area contributed by atoms with Crippen LogP contribution in [0.5, 0.6) is 0 Å². The molecule has 19 heavy (non-hydrogen) atoms. The summed E-state index contributed by atoms with van der Waals surface area (Å²) in [6, 6.07) is 0. The van der Waals surface area contributed by atoms with E-state index in [0.717, 1.165) is 19.5 Å². The summed E-state index contributed by atoms with van der Waals surface area (Å²) in [7, 11) is 2.21. The summed E-state index contributed by atoms with van der Waals surface area (Å²) in [6.07, 6.45) is 8.83. The summed E-state index contributed by atoms with van der Waals surface area (Å²) in [6.45, 7) is 8.60. The van der Waals surface area contributed by atoms with Crippen LogP contribution >= 0.6 is 0 Å². The van der Waals surface area contributed by atoms with Crippen molar-refractivity contribution in [3.63, 3.8) is 0 Å². The van der Waals surface area contributed by atoms with Crippen LogP contribution < -0.4 is 5.32 Å². The van der Waals surface area contributed by atoms with Crippen LogP contribution in [0.4, 0.5) is 0 Å². The van der Waals surface area contributed by atoms with Gasteiger partial charge in [0.05, 0.1) is 6.10 Å². The average molecular weight is 270 g/mol. The molecule has 0 radical (unpaired) electrons. The number of aliphatic hydroxyl groups excluding tert-OH is 1. The molecule has 3 heteroatoms. The molecule has 0 aliphatic heterocycles. The van der Waals surface area contributed by atoms with Crippen molar-refractivity contribution in [2.24, 2.45) is 5.41 Å². The molecular formula is C16H34N2O. The van der Waals surface area contributed by atoms with Crippen LogP contribution in [0.3, 0.4) is 0 Å². The Hall–Kier alpha value is -0.120. The summed E-state index contributed by atoms with van der Waals surface area (Å²) in [5.74, 6) is 0. The van der Waals surface area contributed by atoms with Gasteiger partial charge in [-0.3, -0.25) is 0 Å². The zero-order valence-corrected chi connectivity index (χ0v) is 13.2. The van der Waals surface area contributed by atoms with Crippen LogP contribution in [0.2, 0.25) is 0 Å². The van der Waals surface area contributed by atoms with E-state index < -0.39 is 0 Å². The van der Waals surface area contributed by atoms with Crippen molar-refractivity contribution in [3.05, 3.63) is 0 Å². The summed E-state index contributed by atoms with van der Waals surface area (Å²) in [4.78, 5) is 2.42. The minimum absolute atomic E-state index is 0.178. The molecule has 0 heterocycles. The lowest BCUT2D eigenvalue weighted by Crippen LogP contribution is -2.45. The highest BCUT2D eigenvalue weighted by atomic mass is 16.3. The van der Waals surface area contributed by atoms with Gasteiger partial charge in [0.1, 0.15) is 0 Å². The molecule has 0 bridgehead atoms. The first-order chi connectivity index (χ1) is 9.08. The molecule has 1 saturated carbocycles. The van der Waals surface area contributed by atoms with Gasteiger partial charge in [-0.1, -0.05) is 26.2 Å². The number of rotatable bonds is 9. The van der Waals surface area contributed by atoms with E-state index in [4.69, 9.17) is 0 Å². The third-order valence-corrected chi connectivity index (χ3v) is 4.37. The molecule has 0 amide bonds. The topological polar surface area (TPSA) is 35.5 Å². The molecule has 1 unspecified atom stereocenters. The monoisotopic (exact) mass is 270 g/mol. The fourth-order valence-corrected chi connectivity index (χ4v) is 3.28. The Kier molecular flexibility index (Phi) is 7.96. The highest BCUT2D eigenvalue weighted by Crippen LogP contribution is 2.36. The molecule has 0 spiro atoms. The first-order valence-corrected chi connectivity index (χ1v) is 8.15. The van der Waals surface area contributed by atoms with E-state index in [1.54, 1.807) is 0 Å². The molecule has 0 aromatic rings. The van der Waals surface area contributed by atoms with Crippen molar-refractivity contribution in [3.8, 4) is 0 Å². The van der Waals surface area contributed by atoms with Gasteiger partial charge in [0.2, 0.25) is 0 Å². The zero-order valence-electron chi connectivity index (χ0n) is 13.2. The van der Waals surface area contributed by atoms with Gasteiger partial charge in [0, 0.05) is 19.6 Å². The second-order valence-corrected chi connectivity index (χ2v) is 6.61. The van der Waals surface area contributed by atoms with Gasteiger partial charge >= 0.3 is 0 Å². The Bertz CT molecular complexity index is 225. The van der Waals surface area contributed by atoms with E-state index in [9.17, 15) is 5.11 Å². The van der Waals surface area contributed by atoms with Gasteiger partial charge in [0.25, 0.3) is 0 Å². The van der Waals surface area contributed by atoms with Crippen molar-refractivity contribution in [1.29, 1.82) is 0 Å². The molecule has 3 nitrogen and oxygen atoms in total. The third-order valence-electron chi connectivity index (χ3n) is 4.37. The zero-order chi connectivity index (χ0) is 14.1. The molecule has 0 saturated heterocycles. The van der Waals surface area contributed by atoms with Crippen LogP contribution in [0, 0.1) is 5.41 Å². The number of nitrogens with one attached hydrogen (secondary N) is 1. The Labute approximate surface area is 119 Å². The molecule has 0 aromatic heterocycles. The van der Waals surface area contributed by atoms with Crippen molar-refractivity contribution >= 4 is 0 Å². The molecule has 1 fully saturated rings. The standard InChI is InChI=1S/C16H34N2O/c1-4-11-17-13-16(9-6-5-7-10-16)14-18(3)12-8-15(2)19/h15,17,19H,4-14H2,1-3H3. The van der Waals surface area contributed by atoms with Crippen LogP contribution in [0.1, 0.15) is 58.8 Å². The van der Waals surface area contributed by atoms with Crippen molar-refractivity contribution in [2.45, 2.75) is 64.9 Å². The minimum atomic E-state index is -0.178. The van der Waals surface area contributed by atoms with E-state index in [2.05, 4.69) is 24.2 Å². The Balaban J connectivity index is 2.43. The van der Waals surface area contributed by atoms with Gasteiger partial charge in [-0.05, 0) is 51.6 Å². The first-order valence-electron chi connectivity index (χ1n) is 8.15. The lowest BCUT2D eigenvalue weighted by atomic mass is 9.73. The SMILES string of the molecule is CCCNCC1(CN(C)CCC(C)O)CCCCC1. The summed E-state index contributed by atoms with van der Waals surface area (Å²) < 4.78 is 0. The minimum Gasteiger partial charge on any atom is -0.393 e. The van der Waals surface area contributed by atoms with Crippen molar-refractivity contribution in [1.82, 2.24) is 10.2 Å². The summed E-state index contributed by atoms with van der Waals surface area (Å²) >= 11 is 0. The second-order valence-electron chi connectivity index (χ2n) is 6.61. The van der Waals surface area contributed by atoms with Gasteiger partial charge in [0.15, 0.2) is 0 Å². The number of hydrogen-bond acceptors (Lipinski definition) is 3. The predicted octanol–water partition coefficient (Wildman–Crippen LogP) is 2.64. The van der Waals surface area contributed by atoms with Gasteiger partial charge in [-0.25, -0.2) is 0 Å². The quantitative estimate of drug-likeness (QED) is 0.632. The normalized spacial score (nSPS) is 20.7. The fraction of sp³-hybridized carbons (Fsp3) is 1.00. The van der Waals surface area contributed by atoms with Crippen LogP contribution in [-0.4, -0.2) is 49.3 Å². The molecular weight excluding hydrogens is 236 g/mol. The van der Waals surface area contributed by atoms with Crippen molar-refractivity contribution < 1.29 is 5.11 Å². The Morgan fingerprint density at radius 2 is 1.95 bits per heavy atom. The number of aliphatic hydroxyl groups is 1. The smallest absolute Gasteiger partial charge is 0.0524 e. The maximum atomic E-state index is 9.41. The Morgan fingerprint density at radius 1 is 1.26 bits per heavy atom. The predicted molar refractivity (Wildman–Crippen MR) is 82.5 cm³/mol. The molecule has 0 aromatic carbocycles. The lowest BCUT2D eigenvalue weighted by Gasteiger charge is -2.40. The van der Waals surface area contributed by atoms with E-state index in [0.29, 0.717) is 5.41 Å². The molecule has 1 aliphatic carbocycles. The van der Waals surface area contributed by atoms with Gasteiger partial charge in [-0.2, -0.15) is 0 Å². The van der Waals surface area contributed by atoms with E-state index >= 15 is 0 Å². The second kappa shape index (κ2) is 8.93. The van der Waals surface area contributed by atoms with E-state index in [-0.39, 0.29) is 6.10 Å². The van der Waals surface area contributed by atoms with Crippen LogP contribution in [-0.2, 0) is 0 Å². The summed E-state index contributed by atoms with van der Waals surface area (Å²) in [5, 5.41) is 13.0. The molecule has 1 aliphatic rings. The van der Waals surface area contributed by atoms with Gasteiger partial charge < -0.3 is 15.3 Å². The first kappa shape index (κ1) is 16.9. The maximum Gasteiger partial charge on any atom is 0.0524 e. The molecule has 1 atom stereocenters. The largest absolute Gasteiger partial charge is 0.393 e. The number of nitrogens with zero attached hydrogens (tertiary/aromatic N) is 1. The summed E-state index contributed by atoms with van der Waals surface area (Å²) in [5.41, 5.74) is 0.473. The van der Waals surface area contributed by atoms with Gasteiger partial charge in [-0.15, -0.1) is 0 Å². The molecule has 1 rings (SSSR count). The van der Waals surface area contributed by atoms with E-state index in [1.807, 2.05) is 6.92 Å². The molecule has 114 valence electrons. The highest BCUT2D eigenvalue weighted by Gasteiger charge is 2.32. The fourth-order valence-electron chi connectivity index (χ4n) is 3.28. The number of hydrogen-bond donors (Lipinski definition) is 2.